The van der Waals surface area contributed by atoms with Crippen LogP contribution in [0.1, 0.15) is 31.2 Å². The second kappa shape index (κ2) is 9.03. The van der Waals surface area contributed by atoms with Crippen molar-refractivity contribution in [2.45, 2.75) is 32.1 Å². The summed E-state index contributed by atoms with van der Waals surface area (Å²) in [5, 5.41) is 3.04. The molecule has 3 rings (SSSR count). The molecule has 1 fully saturated rings. The summed E-state index contributed by atoms with van der Waals surface area (Å²) in [6.45, 7) is 2.00. The van der Waals surface area contributed by atoms with Crippen molar-refractivity contribution >= 4 is 33.3 Å². The van der Waals surface area contributed by atoms with Gasteiger partial charge < -0.3 is 15.0 Å². The number of hydrogen-bond donors (Lipinski definition) is 1. The van der Waals surface area contributed by atoms with E-state index in [1.54, 1.807) is 13.3 Å². The van der Waals surface area contributed by atoms with Crippen molar-refractivity contribution < 1.29 is 9.53 Å². The second-order valence-electron chi connectivity index (χ2n) is 6.44. The molecule has 1 aliphatic rings. The summed E-state index contributed by atoms with van der Waals surface area (Å²) in [4.78, 5) is 19.2. The molecule has 0 atom stereocenters. The Morgan fingerprint density at radius 1 is 1.27 bits per heavy atom. The SMILES string of the molecule is COc1ccc(CCC(=O)Nc2cccnc2N2CCCCC2)cc1Br. The van der Waals surface area contributed by atoms with Gasteiger partial charge in [0.1, 0.15) is 5.75 Å². The van der Waals surface area contributed by atoms with Crippen molar-refractivity contribution in [1.29, 1.82) is 0 Å². The Labute approximate surface area is 162 Å². The molecule has 0 radical (unpaired) electrons. The first-order chi connectivity index (χ1) is 12.7. The molecule has 138 valence electrons. The van der Waals surface area contributed by atoms with Gasteiger partial charge in [0.15, 0.2) is 5.82 Å². The Morgan fingerprint density at radius 2 is 2.08 bits per heavy atom. The summed E-state index contributed by atoms with van der Waals surface area (Å²) in [6.07, 6.45) is 6.50. The third kappa shape index (κ3) is 4.75. The van der Waals surface area contributed by atoms with Gasteiger partial charge in [-0.05, 0) is 71.4 Å². The number of carbonyl (C=O) groups is 1. The van der Waals surface area contributed by atoms with Gasteiger partial charge in [-0.1, -0.05) is 6.07 Å². The largest absolute Gasteiger partial charge is 0.496 e. The topological polar surface area (TPSA) is 54.5 Å². The van der Waals surface area contributed by atoms with Gasteiger partial charge in [0.2, 0.25) is 5.91 Å². The number of methoxy groups -OCH3 is 1. The summed E-state index contributed by atoms with van der Waals surface area (Å²) in [6, 6.07) is 9.69. The molecule has 0 aliphatic carbocycles. The highest BCUT2D eigenvalue weighted by molar-refractivity contribution is 9.10. The summed E-state index contributed by atoms with van der Waals surface area (Å²) < 4.78 is 6.14. The van der Waals surface area contributed by atoms with Crippen molar-refractivity contribution in [2.24, 2.45) is 0 Å². The predicted molar refractivity (Wildman–Crippen MR) is 108 cm³/mol. The number of rotatable bonds is 6. The minimum Gasteiger partial charge on any atom is -0.496 e. The second-order valence-corrected chi connectivity index (χ2v) is 7.29. The number of pyridine rings is 1. The number of amides is 1. The minimum atomic E-state index is 0.00296. The van der Waals surface area contributed by atoms with E-state index in [9.17, 15) is 4.79 Å². The molecule has 0 unspecified atom stereocenters. The molecular weight excluding hydrogens is 394 g/mol. The van der Waals surface area contributed by atoms with Crippen molar-refractivity contribution in [1.82, 2.24) is 4.98 Å². The zero-order chi connectivity index (χ0) is 18.4. The Bertz CT molecular complexity index is 760. The molecule has 26 heavy (non-hydrogen) atoms. The zero-order valence-corrected chi connectivity index (χ0v) is 16.6. The Hall–Kier alpha value is -2.08. The van der Waals surface area contributed by atoms with Crippen LogP contribution in [0.5, 0.6) is 5.75 Å². The average molecular weight is 418 g/mol. The van der Waals surface area contributed by atoms with Gasteiger partial charge in [0.05, 0.1) is 17.3 Å². The lowest BCUT2D eigenvalue weighted by molar-refractivity contribution is -0.116. The van der Waals surface area contributed by atoms with Crippen LogP contribution in [0, 0.1) is 0 Å². The van der Waals surface area contributed by atoms with Crippen LogP contribution in [-0.4, -0.2) is 31.1 Å². The van der Waals surface area contributed by atoms with Crippen LogP contribution in [0.2, 0.25) is 0 Å². The summed E-state index contributed by atoms with van der Waals surface area (Å²) in [7, 11) is 1.64. The number of nitrogens with zero attached hydrogens (tertiary/aromatic N) is 2. The van der Waals surface area contributed by atoms with E-state index in [1.165, 1.54) is 19.3 Å². The lowest BCUT2D eigenvalue weighted by atomic mass is 10.1. The number of hydrogen-bond acceptors (Lipinski definition) is 4. The molecule has 5 nitrogen and oxygen atoms in total. The van der Waals surface area contributed by atoms with Crippen LogP contribution in [0.25, 0.3) is 0 Å². The fraction of sp³-hybridized carbons (Fsp3) is 0.400. The highest BCUT2D eigenvalue weighted by Gasteiger charge is 2.16. The van der Waals surface area contributed by atoms with E-state index in [0.717, 1.165) is 40.4 Å². The van der Waals surface area contributed by atoms with E-state index >= 15 is 0 Å². The molecule has 1 aliphatic heterocycles. The van der Waals surface area contributed by atoms with Crippen molar-refractivity contribution in [3.63, 3.8) is 0 Å². The maximum absolute atomic E-state index is 12.4. The van der Waals surface area contributed by atoms with Crippen LogP contribution in [-0.2, 0) is 11.2 Å². The number of carbonyl (C=O) groups excluding carboxylic acids is 1. The quantitative estimate of drug-likeness (QED) is 0.755. The summed E-state index contributed by atoms with van der Waals surface area (Å²) >= 11 is 3.48. The van der Waals surface area contributed by atoms with Crippen molar-refractivity contribution in [3.05, 3.63) is 46.6 Å². The summed E-state index contributed by atoms with van der Waals surface area (Å²) in [5.41, 5.74) is 1.89. The summed E-state index contributed by atoms with van der Waals surface area (Å²) in [5.74, 6) is 1.68. The fourth-order valence-electron chi connectivity index (χ4n) is 3.19. The third-order valence-corrected chi connectivity index (χ3v) is 5.19. The van der Waals surface area contributed by atoms with Crippen molar-refractivity contribution in [3.8, 4) is 5.75 Å². The molecule has 1 aromatic carbocycles. The molecule has 0 spiro atoms. The van der Waals surface area contributed by atoms with Crippen LogP contribution in [0.3, 0.4) is 0 Å². The molecule has 1 amide bonds. The lowest BCUT2D eigenvalue weighted by Crippen LogP contribution is -2.31. The lowest BCUT2D eigenvalue weighted by Gasteiger charge is -2.29. The first-order valence-electron chi connectivity index (χ1n) is 8.99. The van der Waals surface area contributed by atoms with Crippen LogP contribution in [0.15, 0.2) is 41.0 Å². The minimum absolute atomic E-state index is 0.00296. The monoisotopic (exact) mass is 417 g/mol. The fourth-order valence-corrected chi connectivity index (χ4v) is 3.78. The van der Waals surface area contributed by atoms with E-state index in [0.29, 0.717) is 12.8 Å². The number of piperidine rings is 1. The zero-order valence-electron chi connectivity index (χ0n) is 15.0. The van der Waals surface area contributed by atoms with Gasteiger partial charge in [-0.2, -0.15) is 0 Å². The Balaban J connectivity index is 1.61. The van der Waals surface area contributed by atoms with E-state index in [-0.39, 0.29) is 5.91 Å². The number of aryl methyl sites for hydroxylation is 1. The molecule has 2 aromatic rings. The number of anilines is 2. The standard InChI is InChI=1S/C20H24BrN3O2/c1-26-18-9-7-15(14-16(18)21)8-10-19(25)23-17-6-5-11-22-20(17)24-12-3-2-4-13-24/h5-7,9,11,14H,2-4,8,10,12-13H2,1H3,(H,23,25). The maximum atomic E-state index is 12.4. The Morgan fingerprint density at radius 3 is 2.81 bits per heavy atom. The number of aromatic nitrogens is 1. The number of halogens is 1. The average Bonchev–Trinajstić information content (AvgIpc) is 2.67. The van der Waals surface area contributed by atoms with E-state index < -0.39 is 0 Å². The molecule has 6 heteroatoms. The van der Waals surface area contributed by atoms with Crippen LogP contribution < -0.4 is 15.0 Å². The van der Waals surface area contributed by atoms with Crippen LogP contribution in [0.4, 0.5) is 11.5 Å². The normalized spacial score (nSPS) is 14.2. The molecule has 1 saturated heterocycles. The van der Waals surface area contributed by atoms with E-state index in [4.69, 9.17) is 4.74 Å². The molecule has 1 N–H and O–H groups in total. The number of benzene rings is 1. The number of nitrogens with one attached hydrogen (secondary N) is 1. The van der Waals surface area contributed by atoms with Gasteiger partial charge in [0, 0.05) is 25.7 Å². The molecule has 0 saturated carbocycles. The molecule has 0 bridgehead atoms. The van der Waals surface area contributed by atoms with Gasteiger partial charge >= 0.3 is 0 Å². The highest BCUT2D eigenvalue weighted by atomic mass is 79.9. The molecule has 1 aromatic heterocycles. The van der Waals surface area contributed by atoms with Gasteiger partial charge in [-0.15, -0.1) is 0 Å². The predicted octanol–water partition coefficient (Wildman–Crippen LogP) is 4.41. The molecular formula is C20H24BrN3O2. The first-order valence-corrected chi connectivity index (χ1v) is 9.79. The highest BCUT2D eigenvalue weighted by Crippen LogP contribution is 2.27. The van der Waals surface area contributed by atoms with Gasteiger partial charge in [-0.25, -0.2) is 4.98 Å². The molecule has 2 heterocycles. The smallest absolute Gasteiger partial charge is 0.224 e. The van der Waals surface area contributed by atoms with Crippen LogP contribution >= 0.6 is 15.9 Å². The van der Waals surface area contributed by atoms with Crippen molar-refractivity contribution in [2.75, 3.05) is 30.4 Å². The van der Waals surface area contributed by atoms with E-state index in [2.05, 4.69) is 31.1 Å². The Kier molecular flexibility index (Phi) is 6.50. The van der Waals surface area contributed by atoms with Gasteiger partial charge in [-0.3, -0.25) is 4.79 Å². The third-order valence-electron chi connectivity index (χ3n) is 4.57. The maximum Gasteiger partial charge on any atom is 0.224 e. The number of ether oxygens (including phenoxy) is 1. The van der Waals surface area contributed by atoms with E-state index in [1.807, 2.05) is 30.3 Å². The van der Waals surface area contributed by atoms with Gasteiger partial charge in [0.25, 0.3) is 0 Å². The first kappa shape index (κ1) is 18.7.